The lowest BCUT2D eigenvalue weighted by Gasteiger charge is -2.20. The van der Waals surface area contributed by atoms with Crippen molar-refractivity contribution in [3.8, 4) is 5.75 Å². The molecule has 9 heteroatoms. The minimum absolute atomic E-state index is 0.0605. The monoisotopic (exact) mass is 461 g/mol. The molecule has 0 radical (unpaired) electrons. The predicted octanol–water partition coefficient (Wildman–Crippen LogP) is 3.50. The van der Waals surface area contributed by atoms with Crippen LogP contribution in [-0.4, -0.2) is 50.7 Å². The molecule has 0 aromatic heterocycles. The zero-order valence-corrected chi connectivity index (χ0v) is 19.1. The first kappa shape index (κ1) is 25.1. The van der Waals surface area contributed by atoms with E-state index in [1.165, 1.54) is 7.11 Å². The Kier molecular flexibility index (Phi) is 10.4. The van der Waals surface area contributed by atoms with E-state index in [0.29, 0.717) is 11.3 Å². The molecular weight excluding hydrogens is 434 g/mol. The highest BCUT2D eigenvalue weighted by atomic mass is 32.2. The molecular formula is C23H27NO7S. The summed E-state index contributed by atoms with van der Waals surface area (Å²) < 4.78 is 20.3. The third kappa shape index (κ3) is 7.81. The summed E-state index contributed by atoms with van der Waals surface area (Å²) in [5, 5.41) is 1.81. The second-order valence-corrected chi connectivity index (χ2v) is 7.66. The number of hydrogen-bond donors (Lipinski definition) is 1. The van der Waals surface area contributed by atoms with Crippen LogP contribution in [-0.2, 0) is 30.4 Å². The Morgan fingerprint density at radius 1 is 0.938 bits per heavy atom. The molecule has 0 aliphatic heterocycles. The Hall–Kier alpha value is -3.20. The van der Waals surface area contributed by atoms with Crippen LogP contribution in [0.1, 0.15) is 23.3 Å². The summed E-state index contributed by atoms with van der Waals surface area (Å²) in [7, 11) is 2.78. The first-order valence-electron chi connectivity index (χ1n) is 9.95. The molecule has 1 amide bonds. The van der Waals surface area contributed by atoms with Crippen LogP contribution >= 0.6 is 11.8 Å². The highest BCUT2D eigenvalue weighted by Gasteiger charge is 2.28. The van der Waals surface area contributed by atoms with Crippen LogP contribution in [0.3, 0.4) is 0 Å². The second kappa shape index (κ2) is 13.3. The first-order chi connectivity index (χ1) is 15.5. The van der Waals surface area contributed by atoms with Crippen LogP contribution in [0.25, 0.3) is 0 Å². The van der Waals surface area contributed by atoms with Gasteiger partial charge in [0.25, 0.3) is 0 Å². The molecule has 1 unspecified atom stereocenters. The maximum Gasteiger partial charge on any atom is 0.408 e. The molecule has 0 heterocycles. The number of thioether (sulfide) groups is 1. The van der Waals surface area contributed by atoms with Crippen molar-refractivity contribution < 1.29 is 33.3 Å². The normalized spacial score (nSPS) is 12.2. The van der Waals surface area contributed by atoms with Crippen molar-refractivity contribution in [2.45, 2.75) is 24.8 Å². The summed E-state index contributed by atoms with van der Waals surface area (Å²) in [6.45, 7) is 2.00. The summed E-state index contributed by atoms with van der Waals surface area (Å²) in [6.07, 6.45) is -0.762. The fourth-order valence-corrected chi connectivity index (χ4v) is 3.87. The number of benzene rings is 2. The van der Waals surface area contributed by atoms with Gasteiger partial charge in [0.05, 0.1) is 20.8 Å². The number of ether oxygens (including phenoxy) is 4. The van der Waals surface area contributed by atoms with E-state index in [2.05, 4.69) is 5.32 Å². The summed E-state index contributed by atoms with van der Waals surface area (Å²) in [4.78, 5) is 37.0. The molecule has 2 aromatic rings. The maximum atomic E-state index is 12.5. The third-order valence-corrected chi connectivity index (χ3v) is 5.66. The molecule has 172 valence electrons. The second-order valence-electron chi connectivity index (χ2n) is 6.52. The number of rotatable bonds is 11. The Bertz CT molecular complexity index is 874. The van der Waals surface area contributed by atoms with Crippen LogP contribution < -0.4 is 10.1 Å². The van der Waals surface area contributed by atoms with E-state index in [1.54, 1.807) is 38.3 Å². The van der Waals surface area contributed by atoms with Gasteiger partial charge in [0, 0.05) is 5.75 Å². The largest absolute Gasteiger partial charge is 0.497 e. The summed E-state index contributed by atoms with van der Waals surface area (Å²) in [6, 6.07) is 15.1. The smallest absolute Gasteiger partial charge is 0.408 e. The lowest BCUT2D eigenvalue weighted by atomic mass is 10.1. The number of carbonyl (C=O) groups is 3. The lowest BCUT2D eigenvalue weighted by molar-refractivity contribution is -0.143. The molecule has 32 heavy (non-hydrogen) atoms. The number of hydrogen-bond acceptors (Lipinski definition) is 8. The molecule has 2 atom stereocenters. The third-order valence-electron chi connectivity index (χ3n) is 4.34. The average molecular weight is 462 g/mol. The van der Waals surface area contributed by atoms with Gasteiger partial charge in [-0.2, -0.15) is 0 Å². The molecule has 2 rings (SSSR count). The van der Waals surface area contributed by atoms with E-state index in [9.17, 15) is 14.4 Å². The van der Waals surface area contributed by atoms with E-state index < -0.39 is 29.3 Å². The van der Waals surface area contributed by atoms with Gasteiger partial charge >= 0.3 is 18.0 Å². The van der Waals surface area contributed by atoms with Crippen molar-refractivity contribution in [1.29, 1.82) is 0 Å². The minimum Gasteiger partial charge on any atom is -0.497 e. The van der Waals surface area contributed by atoms with Gasteiger partial charge < -0.3 is 24.3 Å². The lowest BCUT2D eigenvalue weighted by Crippen LogP contribution is -2.43. The highest BCUT2D eigenvalue weighted by Crippen LogP contribution is 2.32. The van der Waals surface area contributed by atoms with Gasteiger partial charge in [-0.15, -0.1) is 11.8 Å². The molecule has 2 aromatic carbocycles. The van der Waals surface area contributed by atoms with Crippen LogP contribution in [0.2, 0.25) is 0 Å². The van der Waals surface area contributed by atoms with Gasteiger partial charge in [-0.25, -0.2) is 9.59 Å². The van der Waals surface area contributed by atoms with Gasteiger partial charge in [-0.05, 0) is 30.2 Å². The summed E-state index contributed by atoms with van der Waals surface area (Å²) >= 11 is 1.16. The van der Waals surface area contributed by atoms with E-state index in [4.69, 9.17) is 18.9 Å². The molecule has 0 spiro atoms. The van der Waals surface area contributed by atoms with Gasteiger partial charge in [0.2, 0.25) is 0 Å². The zero-order chi connectivity index (χ0) is 23.3. The van der Waals surface area contributed by atoms with E-state index in [0.717, 1.165) is 17.3 Å². The Balaban J connectivity index is 2.04. The van der Waals surface area contributed by atoms with E-state index in [-0.39, 0.29) is 19.0 Å². The van der Waals surface area contributed by atoms with E-state index >= 15 is 0 Å². The Morgan fingerprint density at radius 2 is 1.62 bits per heavy atom. The van der Waals surface area contributed by atoms with Crippen LogP contribution in [0.5, 0.6) is 5.75 Å². The number of alkyl carbamates (subject to hydrolysis) is 1. The van der Waals surface area contributed by atoms with Crippen LogP contribution in [0.15, 0.2) is 54.6 Å². The van der Waals surface area contributed by atoms with Crippen LogP contribution in [0.4, 0.5) is 4.79 Å². The summed E-state index contributed by atoms with van der Waals surface area (Å²) in [5.74, 6) is -0.371. The van der Waals surface area contributed by atoms with Crippen molar-refractivity contribution in [2.24, 2.45) is 0 Å². The molecule has 0 fully saturated rings. The molecule has 0 aliphatic rings. The van der Waals surface area contributed by atoms with Crippen molar-refractivity contribution in [3.05, 3.63) is 65.7 Å². The Labute approximate surface area is 191 Å². The molecule has 0 saturated heterocycles. The fourth-order valence-electron chi connectivity index (χ4n) is 2.71. The minimum atomic E-state index is -1.01. The first-order valence-corrected chi connectivity index (χ1v) is 11.0. The van der Waals surface area contributed by atoms with Crippen molar-refractivity contribution in [3.63, 3.8) is 0 Å². The zero-order valence-electron chi connectivity index (χ0n) is 18.2. The number of methoxy groups -OCH3 is 2. The molecule has 8 nitrogen and oxygen atoms in total. The fraction of sp³-hybridized carbons (Fsp3) is 0.348. The number of nitrogens with one attached hydrogen (secondary N) is 1. The topological polar surface area (TPSA) is 100 Å². The van der Waals surface area contributed by atoms with Crippen molar-refractivity contribution >= 4 is 29.8 Å². The number of esters is 2. The highest BCUT2D eigenvalue weighted by molar-refractivity contribution is 8.00. The number of carbonyl (C=O) groups excluding carboxylic acids is 3. The van der Waals surface area contributed by atoms with Gasteiger partial charge in [-0.1, -0.05) is 42.5 Å². The number of amides is 1. The van der Waals surface area contributed by atoms with Gasteiger partial charge in [-0.3, -0.25) is 4.79 Å². The van der Waals surface area contributed by atoms with Gasteiger partial charge in [0.15, 0.2) is 0 Å². The quantitative estimate of drug-likeness (QED) is 0.401. The van der Waals surface area contributed by atoms with Crippen LogP contribution in [0, 0.1) is 0 Å². The Morgan fingerprint density at radius 3 is 2.22 bits per heavy atom. The molecule has 0 aliphatic carbocycles. The van der Waals surface area contributed by atoms with E-state index in [1.807, 2.05) is 30.3 Å². The van der Waals surface area contributed by atoms with Gasteiger partial charge in [0.1, 0.15) is 23.6 Å². The van der Waals surface area contributed by atoms with Crippen molar-refractivity contribution in [1.82, 2.24) is 5.32 Å². The average Bonchev–Trinajstić information content (AvgIpc) is 2.82. The standard InChI is InChI=1S/C23H27NO7S/c1-4-30-22(26)20(17-10-12-18(28-2)13-11-17)32-15-19(21(25)29-3)24-23(27)31-14-16-8-6-5-7-9-16/h5-13,19-20H,4,14-15H2,1-3H3,(H,24,27)/t19-,20?/m0/s1. The molecule has 1 N–H and O–H groups in total. The molecule has 0 saturated carbocycles. The predicted molar refractivity (Wildman–Crippen MR) is 120 cm³/mol. The molecule has 0 bridgehead atoms. The SMILES string of the molecule is CCOC(=O)C(SC[C@H](NC(=O)OCc1ccccc1)C(=O)OC)c1ccc(OC)cc1. The van der Waals surface area contributed by atoms with Crippen molar-refractivity contribution in [2.75, 3.05) is 26.6 Å². The maximum absolute atomic E-state index is 12.5. The summed E-state index contributed by atoms with van der Waals surface area (Å²) in [5.41, 5.74) is 1.50.